The van der Waals surface area contributed by atoms with Gasteiger partial charge in [-0.25, -0.2) is 9.78 Å². The molecule has 1 aliphatic carbocycles. The van der Waals surface area contributed by atoms with Crippen LogP contribution in [-0.2, 0) is 14.3 Å². The molecule has 7 nitrogen and oxygen atoms in total. The lowest BCUT2D eigenvalue weighted by Crippen LogP contribution is -2.34. The molecule has 4 atom stereocenters. The number of Topliss-reactive ketones (excluding diaryl/α,β-unsaturated/α-hetero) is 1. The van der Waals surface area contributed by atoms with Gasteiger partial charge in [0.2, 0.25) is 17.6 Å². The number of rotatable bonds is 6. The number of aryl methyl sites for hydroxylation is 1. The Kier molecular flexibility index (Phi) is 7.65. The molecule has 4 aromatic rings. The van der Waals surface area contributed by atoms with Crippen molar-refractivity contribution in [2.45, 2.75) is 29.4 Å². The van der Waals surface area contributed by atoms with Gasteiger partial charge >= 0.3 is 5.97 Å². The van der Waals surface area contributed by atoms with Gasteiger partial charge in [0.15, 0.2) is 6.61 Å². The maximum absolute atomic E-state index is 13.2. The van der Waals surface area contributed by atoms with Crippen molar-refractivity contribution < 1.29 is 23.9 Å². The largest absolute Gasteiger partial charge is 0.454 e. The van der Waals surface area contributed by atoms with Crippen LogP contribution in [0.15, 0.2) is 66.0 Å². The van der Waals surface area contributed by atoms with Crippen molar-refractivity contribution in [3.8, 4) is 11.3 Å². The number of anilines is 1. The Morgan fingerprint density at radius 2 is 1.66 bits per heavy atom. The zero-order valence-electron chi connectivity index (χ0n) is 21.9. The fourth-order valence-corrected chi connectivity index (χ4v) is 7.39. The van der Waals surface area contributed by atoms with Gasteiger partial charge in [0, 0.05) is 20.6 Å². The van der Waals surface area contributed by atoms with Crippen LogP contribution in [0.2, 0.25) is 0 Å². The van der Waals surface area contributed by atoms with E-state index in [-0.39, 0.29) is 45.7 Å². The molecule has 2 aromatic heterocycles. The van der Waals surface area contributed by atoms with Crippen molar-refractivity contribution in [3.63, 3.8) is 0 Å². The van der Waals surface area contributed by atoms with Crippen molar-refractivity contribution in [3.05, 3.63) is 82.0 Å². The van der Waals surface area contributed by atoms with Gasteiger partial charge in [-0.1, -0.05) is 61.7 Å². The summed E-state index contributed by atoms with van der Waals surface area (Å²) in [6, 6.07) is 17.8. The smallest absolute Gasteiger partial charge is 0.339 e. The van der Waals surface area contributed by atoms with Crippen LogP contribution in [-0.4, -0.2) is 44.8 Å². The van der Waals surface area contributed by atoms with Crippen LogP contribution >= 0.6 is 43.2 Å². The number of thiophene rings is 1. The Balaban J connectivity index is 1.28. The van der Waals surface area contributed by atoms with Crippen LogP contribution in [0.5, 0.6) is 0 Å². The normalized spacial score (nSPS) is 22.2. The van der Waals surface area contributed by atoms with Gasteiger partial charge in [0.05, 0.1) is 39.2 Å². The summed E-state index contributed by atoms with van der Waals surface area (Å²) < 4.78 is 5.43. The predicted molar refractivity (Wildman–Crippen MR) is 165 cm³/mol. The number of hydrogen-bond acceptors (Lipinski definition) is 7. The number of ether oxygens (including phenoxy) is 1. The standard InChI is InChI=1S/C31H24Br2N2O5S/c1-16-4-9-25-19(11-16)22(31(39)40-15-27(36)28-3-2-10-41-28)14-26(34-25)17-5-7-18(8-6-17)35-29(37)20-12-23(32)24(33)13-21(20)30(35)38/h2-11,14,20-21,23-24H,12-13,15H2,1H3. The van der Waals surface area contributed by atoms with Crippen LogP contribution in [0.4, 0.5) is 5.69 Å². The second-order valence-corrected chi connectivity index (χ2v) is 13.6. The molecule has 0 N–H and O–H groups in total. The number of amides is 2. The highest BCUT2D eigenvalue weighted by Gasteiger charge is 2.52. The van der Waals surface area contributed by atoms with Gasteiger partial charge in [0.25, 0.3) is 0 Å². The van der Waals surface area contributed by atoms with E-state index in [4.69, 9.17) is 9.72 Å². The molecule has 4 unspecified atom stereocenters. The van der Waals surface area contributed by atoms with E-state index in [0.717, 1.165) is 5.56 Å². The summed E-state index contributed by atoms with van der Waals surface area (Å²) in [5.41, 5.74) is 3.62. The first kappa shape index (κ1) is 27.9. The van der Waals surface area contributed by atoms with E-state index >= 15 is 0 Å². The van der Waals surface area contributed by atoms with Crippen molar-refractivity contribution in [1.29, 1.82) is 0 Å². The second-order valence-electron chi connectivity index (χ2n) is 10.3. The SMILES string of the molecule is Cc1ccc2nc(-c3ccc(N4C(=O)C5CC(Br)C(Br)CC5C4=O)cc3)cc(C(=O)OCC(=O)c3cccs3)c2c1. The van der Waals surface area contributed by atoms with Gasteiger partial charge in [0.1, 0.15) is 0 Å². The number of nitrogens with zero attached hydrogens (tertiary/aromatic N) is 2. The van der Waals surface area contributed by atoms with E-state index in [1.165, 1.54) is 16.2 Å². The van der Waals surface area contributed by atoms with E-state index in [9.17, 15) is 19.2 Å². The van der Waals surface area contributed by atoms with E-state index in [0.29, 0.717) is 51.1 Å². The molecular formula is C31H24Br2N2O5S. The zero-order valence-corrected chi connectivity index (χ0v) is 25.9. The molecule has 208 valence electrons. The summed E-state index contributed by atoms with van der Waals surface area (Å²) in [5.74, 6) is -1.87. The maximum atomic E-state index is 13.2. The third kappa shape index (κ3) is 5.29. The molecule has 6 rings (SSSR count). The molecule has 10 heteroatoms. The number of esters is 1. The highest BCUT2D eigenvalue weighted by molar-refractivity contribution is 9.12. The Hall–Kier alpha value is -3.21. The molecule has 2 amide bonds. The van der Waals surface area contributed by atoms with Gasteiger partial charge < -0.3 is 4.74 Å². The highest BCUT2D eigenvalue weighted by Crippen LogP contribution is 2.44. The fraction of sp³-hybridized carbons (Fsp3) is 0.258. The monoisotopic (exact) mass is 694 g/mol. The van der Waals surface area contributed by atoms with Crippen LogP contribution in [0, 0.1) is 18.8 Å². The zero-order chi connectivity index (χ0) is 28.8. The molecule has 0 radical (unpaired) electrons. The number of alkyl halides is 2. The number of fused-ring (bicyclic) bond motifs is 2. The molecule has 0 bridgehead atoms. The quantitative estimate of drug-likeness (QED) is 0.0961. The second kappa shape index (κ2) is 11.2. The number of aromatic nitrogens is 1. The van der Waals surface area contributed by atoms with Crippen LogP contribution in [0.1, 0.15) is 38.4 Å². The first-order valence-electron chi connectivity index (χ1n) is 13.1. The van der Waals surface area contributed by atoms with Gasteiger partial charge in [-0.2, -0.15) is 0 Å². The Morgan fingerprint density at radius 3 is 2.29 bits per heavy atom. The number of carbonyl (C=O) groups is 4. The minimum atomic E-state index is -0.614. The van der Waals surface area contributed by atoms with Crippen molar-refractivity contribution >= 4 is 83.4 Å². The summed E-state index contributed by atoms with van der Waals surface area (Å²) in [6.45, 7) is 1.57. The number of ketones is 1. The number of pyridine rings is 1. The molecule has 2 fully saturated rings. The Morgan fingerprint density at radius 1 is 0.976 bits per heavy atom. The number of hydrogen-bond donors (Lipinski definition) is 0. The van der Waals surface area contributed by atoms with E-state index < -0.39 is 5.97 Å². The molecule has 1 saturated heterocycles. The maximum Gasteiger partial charge on any atom is 0.339 e. The molecule has 0 spiro atoms. The van der Waals surface area contributed by atoms with Crippen molar-refractivity contribution in [2.24, 2.45) is 11.8 Å². The lowest BCUT2D eigenvalue weighted by molar-refractivity contribution is -0.122. The summed E-state index contributed by atoms with van der Waals surface area (Å²) in [6.07, 6.45) is 1.22. The Labute approximate surface area is 257 Å². The van der Waals surface area contributed by atoms with E-state index in [1.807, 2.05) is 25.1 Å². The summed E-state index contributed by atoms with van der Waals surface area (Å²) in [7, 11) is 0. The van der Waals surface area contributed by atoms with E-state index in [2.05, 4.69) is 31.9 Å². The molecule has 1 aliphatic heterocycles. The summed E-state index contributed by atoms with van der Waals surface area (Å²) in [5, 5.41) is 2.43. The van der Waals surface area contributed by atoms with Crippen LogP contribution < -0.4 is 4.90 Å². The molecule has 2 aromatic carbocycles. The van der Waals surface area contributed by atoms with Crippen molar-refractivity contribution in [1.82, 2.24) is 4.98 Å². The van der Waals surface area contributed by atoms with Crippen molar-refractivity contribution in [2.75, 3.05) is 11.5 Å². The van der Waals surface area contributed by atoms with Gasteiger partial charge in [-0.15, -0.1) is 11.3 Å². The average molecular weight is 696 g/mol. The number of carbonyl (C=O) groups excluding carboxylic acids is 4. The minimum absolute atomic E-state index is 0.139. The molecule has 2 aliphatic rings. The molecular weight excluding hydrogens is 672 g/mol. The molecule has 41 heavy (non-hydrogen) atoms. The first-order chi connectivity index (χ1) is 19.7. The Bertz CT molecular complexity index is 1660. The minimum Gasteiger partial charge on any atom is -0.454 e. The lowest BCUT2D eigenvalue weighted by Gasteiger charge is -2.29. The van der Waals surface area contributed by atoms with Gasteiger partial charge in [-0.3, -0.25) is 19.3 Å². The number of benzene rings is 2. The molecule has 1 saturated carbocycles. The number of halogens is 2. The third-order valence-corrected chi connectivity index (χ3v) is 11.3. The van der Waals surface area contributed by atoms with E-state index in [1.54, 1.807) is 47.8 Å². The number of imide groups is 1. The predicted octanol–water partition coefficient (Wildman–Crippen LogP) is 6.74. The third-order valence-electron chi connectivity index (χ3n) is 7.65. The van der Waals surface area contributed by atoms with Gasteiger partial charge in [-0.05, 0) is 61.5 Å². The van der Waals surface area contributed by atoms with Crippen LogP contribution in [0.25, 0.3) is 22.2 Å². The first-order valence-corrected chi connectivity index (χ1v) is 15.8. The molecule has 3 heterocycles. The highest BCUT2D eigenvalue weighted by atomic mass is 79.9. The summed E-state index contributed by atoms with van der Waals surface area (Å²) >= 11 is 8.55. The average Bonchev–Trinajstić information content (AvgIpc) is 3.59. The topological polar surface area (TPSA) is 93.6 Å². The lowest BCUT2D eigenvalue weighted by atomic mass is 9.81. The fourth-order valence-electron chi connectivity index (χ4n) is 5.50. The summed E-state index contributed by atoms with van der Waals surface area (Å²) in [4.78, 5) is 58.9. The van der Waals surface area contributed by atoms with Crippen LogP contribution in [0.3, 0.4) is 0 Å².